The van der Waals surface area contributed by atoms with Crippen LogP contribution in [0.4, 0.5) is 5.95 Å². The van der Waals surface area contributed by atoms with Crippen molar-refractivity contribution >= 4 is 17.1 Å². The molecule has 1 spiro atoms. The number of aliphatic hydroxyl groups excluding tert-OH is 2. The molecular weight excluding hydrogens is 294 g/mol. The number of hydrogen-bond acceptors (Lipinski definition) is 8. The highest BCUT2D eigenvalue weighted by molar-refractivity contribution is 5.70. The zero-order chi connectivity index (χ0) is 15.5. The lowest BCUT2D eigenvalue weighted by atomic mass is 9.86. The number of fused-ring (bicyclic) bond motifs is 1. The van der Waals surface area contributed by atoms with Crippen molar-refractivity contribution < 1.29 is 19.7 Å². The lowest BCUT2D eigenvalue weighted by molar-refractivity contribution is -0.225. The quantitative estimate of drug-likeness (QED) is 0.503. The summed E-state index contributed by atoms with van der Waals surface area (Å²) in [6, 6.07) is 0. The predicted octanol–water partition coefficient (Wildman–Crippen LogP) is -1.89. The monoisotopic (exact) mass is 309 g/mol. The number of H-pyrrole nitrogens is 1. The summed E-state index contributed by atoms with van der Waals surface area (Å²) >= 11 is 0. The number of nitrogens with one attached hydrogen (secondary N) is 1. The van der Waals surface area contributed by atoms with Crippen LogP contribution in [0.5, 0.6) is 0 Å². The molecule has 2 fully saturated rings. The van der Waals surface area contributed by atoms with Gasteiger partial charge in [-0.25, -0.2) is 4.98 Å². The molecule has 0 bridgehead atoms. The standard InChI is InChI=1S/C12H15N5O5/c13-11-15-8-6(9(20)16-11)14-4-17(8)10-12(1-2-21-12)7(19)5(3-18)22-10/h4-5,7,10,18-19H,1-3H2,(H3,13,15,16,20)/t5-,7-,10-,12-/m1/s1. The third kappa shape index (κ3) is 1.60. The van der Waals surface area contributed by atoms with Crippen LogP contribution in [0.3, 0.4) is 0 Å². The van der Waals surface area contributed by atoms with Crippen molar-refractivity contribution in [1.82, 2.24) is 19.5 Å². The third-order valence-corrected chi connectivity index (χ3v) is 4.32. The first-order valence-corrected chi connectivity index (χ1v) is 6.87. The minimum Gasteiger partial charge on any atom is -0.394 e. The van der Waals surface area contributed by atoms with Crippen molar-refractivity contribution in [2.45, 2.75) is 30.5 Å². The maximum absolute atomic E-state index is 11.8. The normalized spacial score (nSPS) is 34.4. The minimum atomic E-state index is -0.979. The number of imidazole rings is 1. The van der Waals surface area contributed by atoms with Crippen LogP contribution in [0, 0.1) is 0 Å². The van der Waals surface area contributed by atoms with E-state index in [0.717, 1.165) is 0 Å². The first kappa shape index (κ1) is 13.6. The molecule has 0 unspecified atom stereocenters. The molecular formula is C12H15N5O5. The van der Waals surface area contributed by atoms with E-state index in [1.165, 1.54) is 10.9 Å². The Morgan fingerprint density at radius 3 is 3.00 bits per heavy atom. The molecule has 0 aromatic carbocycles. The molecule has 118 valence electrons. The molecule has 4 atom stereocenters. The second-order valence-electron chi connectivity index (χ2n) is 5.48. The summed E-state index contributed by atoms with van der Waals surface area (Å²) in [6.07, 6.45) is -0.539. The molecule has 4 rings (SSSR count). The Hall–Kier alpha value is -2.01. The van der Waals surface area contributed by atoms with Gasteiger partial charge in [0.05, 0.1) is 19.5 Å². The Kier molecular flexibility index (Phi) is 2.78. The maximum atomic E-state index is 11.8. The van der Waals surface area contributed by atoms with Crippen molar-refractivity contribution in [3.63, 3.8) is 0 Å². The van der Waals surface area contributed by atoms with Gasteiger partial charge in [-0.05, 0) is 0 Å². The van der Waals surface area contributed by atoms with Crippen LogP contribution in [-0.4, -0.2) is 60.8 Å². The fourth-order valence-corrected chi connectivity index (χ4v) is 3.14. The molecule has 0 aliphatic carbocycles. The summed E-state index contributed by atoms with van der Waals surface area (Å²) < 4.78 is 12.8. The van der Waals surface area contributed by atoms with Gasteiger partial charge in [-0.15, -0.1) is 0 Å². The number of aromatic nitrogens is 4. The molecule has 2 aliphatic rings. The van der Waals surface area contributed by atoms with Crippen LogP contribution < -0.4 is 11.3 Å². The van der Waals surface area contributed by atoms with Gasteiger partial charge in [-0.3, -0.25) is 14.3 Å². The number of nitrogens with two attached hydrogens (primary N) is 1. The van der Waals surface area contributed by atoms with E-state index in [4.69, 9.17) is 15.2 Å². The van der Waals surface area contributed by atoms with Crippen LogP contribution in [0.15, 0.2) is 11.1 Å². The number of nitrogen functional groups attached to an aromatic ring is 1. The smallest absolute Gasteiger partial charge is 0.280 e. The molecule has 2 aromatic rings. The van der Waals surface area contributed by atoms with Crippen LogP contribution in [0.25, 0.3) is 11.2 Å². The highest BCUT2D eigenvalue weighted by atomic mass is 16.6. The fraction of sp³-hybridized carbons (Fsp3) is 0.583. The van der Waals surface area contributed by atoms with Crippen LogP contribution >= 0.6 is 0 Å². The number of ether oxygens (including phenoxy) is 2. The van der Waals surface area contributed by atoms with Gasteiger partial charge in [0, 0.05) is 6.42 Å². The van der Waals surface area contributed by atoms with Gasteiger partial charge in [0.25, 0.3) is 5.56 Å². The Morgan fingerprint density at radius 1 is 1.59 bits per heavy atom. The van der Waals surface area contributed by atoms with Gasteiger partial charge in [0.15, 0.2) is 17.4 Å². The molecule has 10 nitrogen and oxygen atoms in total. The van der Waals surface area contributed by atoms with E-state index < -0.39 is 29.6 Å². The zero-order valence-corrected chi connectivity index (χ0v) is 11.5. The van der Waals surface area contributed by atoms with E-state index in [1.54, 1.807) is 0 Å². The summed E-state index contributed by atoms with van der Waals surface area (Å²) in [5.41, 5.74) is 4.51. The maximum Gasteiger partial charge on any atom is 0.280 e. The van der Waals surface area contributed by atoms with Crippen LogP contribution in [0.1, 0.15) is 12.6 Å². The first-order valence-electron chi connectivity index (χ1n) is 6.87. The number of aliphatic hydroxyl groups is 2. The van der Waals surface area contributed by atoms with E-state index in [2.05, 4.69) is 15.0 Å². The predicted molar refractivity (Wildman–Crippen MR) is 72.9 cm³/mol. The average molecular weight is 309 g/mol. The zero-order valence-electron chi connectivity index (χ0n) is 11.5. The second-order valence-corrected chi connectivity index (χ2v) is 5.48. The molecule has 5 N–H and O–H groups in total. The van der Waals surface area contributed by atoms with E-state index >= 15 is 0 Å². The molecule has 0 saturated carbocycles. The van der Waals surface area contributed by atoms with E-state index in [9.17, 15) is 15.0 Å². The molecule has 10 heteroatoms. The highest BCUT2D eigenvalue weighted by Gasteiger charge is 2.61. The summed E-state index contributed by atoms with van der Waals surface area (Å²) in [5, 5.41) is 19.7. The number of anilines is 1. The average Bonchev–Trinajstić information content (AvgIpc) is 2.96. The largest absolute Gasteiger partial charge is 0.394 e. The summed E-state index contributed by atoms with van der Waals surface area (Å²) in [7, 11) is 0. The molecule has 0 radical (unpaired) electrons. The van der Waals surface area contributed by atoms with Crippen LogP contribution in [0.2, 0.25) is 0 Å². The van der Waals surface area contributed by atoms with Crippen molar-refractivity contribution in [2.75, 3.05) is 18.9 Å². The Bertz CT molecular complexity index is 782. The third-order valence-electron chi connectivity index (χ3n) is 4.32. The summed E-state index contributed by atoms with van der Waals surface area (Å²) in [4.78, 5) is 22.3. The van der Waals surface area contributed by atoms with Crippen molar-refractivity contribution in [2.24, 2.45) is 0 Å². The molecule has 0 amide bonds. The topological polar surface area (TPSA) is 149 Å². The van der Waals surface area contributed by atoms with Gasteiger partial charge in [0.2, 0.25) is 5.95 Å². The van der Waals surface area contributed by atoms with E-state index in [0.29, 0.717) is 13.0 Å². The Labute approximate surface area is 123 Å². The molecule has 2 aromatic heterocycles. The summed E-state index contributed by atoms with van der Waals surface area (Å²) in [6.45, 7) is 0.142. The lowest BCUT2D eigenvalue weighted by Crippen LogP contribution is -2.56. The minimum absolute atomic E-state index is 0.0416. The van der Waals surface area contributed by atoms with Gasteiger partial charge < -0.3 is 25.4 Å². The van der Waals surface area contributed by atoms with E-state index in [-0.39, 0.29) is 23.7 Å². The number of rotatable bonds is 2. The first-order chi connectivity index (χ1) is 10.6. The summed E-state index contributed by atoms with van der Waals surface area (Å²) in [5.74, 6) is -0.0416. The van der Waals surface area contributed by atoms with E-state index in [1.807, 2.05) is 0 Å². The second kappa shape index (κ2) is 4.49. The number of aromatic amines is 1. The molecule has 2 saturated heterocycles. The lowest BCUT2D eigenvalue weighted by Gasteiger charge is -2.44. The fourth-order valence-electron chi connectivity index (χ4n) is 3.14. The molecule has 2 aliphatic heterocycles. The van der Waals surface area contributed by atoms with Crippen molar-refractivity contribution in [3.05, 3.63) is 16.7 Å². The molecule has 4 heterocycles. The molecule has 22 heavy (non-hydrogen) atoms. The number of nitrogens with zero attached hydrogens (tertiary/aromatic N) is 3. The highest BCUT2D eigenvalue weighted by Crippen LogP contribution is 2.48. The Balaban J connectivity index is 1.86. The van der Waals surface area contributed by atoms with Crippen molar-refractivity contribution in [1.29, 1.82) is 0 Å². The SMILES string of the molecule is Nc1nc2c(ncn2[C@@H]2O[C@H](CO)[C@@H](O)[C@]23CCO3)c(=O)[nH]1. The van der Waals surface area contributed by atoms with Gasteiger partial charge in [0.1, 0.15) is 17.8 Å². The van der Waals surface area contributed by atoms with Gasteiger partial charge in [-0.1, -0.05) is 0 Å². The van der Waals surface area contributed by atoms with Crippen molar-refractivity contribution in [3.8, 4) is 0 Å². The van der Waals surface area contributed by atoms with Gasteiger partial charge >= 0.3 is 0 Å². The van der Waals surface area contributed by atoms with Gasteiger partial charge in [-0.2, -0.15) is 4.98 Å². The number of hydrogen-bond donors (Lipinski definition) is 4. The van der Waals surface area contributed by atoms with Crippen LogP contribution in [-0.2, 0) is 9.47 Å². The Morgan fingerprint density at radius 2 is 2.36 bits per heavy atom.